The number of hydrogen-bond donors (Lipinski definition) is 7. The second-order valence-corrected chi connectivity index (χ2v) is 13.3. The summed E-state index contributed by atoms with van der Waals surface area (Å²) in [6.45, 7) is 12.9. The Labute approximate surface area is 277 Å². The van der Waals surface area contributed by atoms with Gasteiger partial charge in [-0.15, -0.1) is 0 Å². The molecule has 0 aliphatic carbocycles. The molecule has 7 N–H and O–H groups in total. The lowest BCUT2D eigenvalue weighted by molar-refractivity contribution is -0.134. The standard InChI is InChI=1S/C34H51N5O8/c1-22(40)28(30(42)39-45)37-21-24-12-16-26(17-13-24)25-14-10-23(11-15-25)18-20-35-29(41)27(38-32(44)47-34(5,6)7)9-8-19-36-31(43)46-33(2,3)4/h10-17,22,27-28,37,40,45H,8-9,18-21H2,1-7H3,(H,35,41)(H,36,43)(H,38,44)(H,39,42)/t22-,27+,28+/m1/s1. The van der Waals surface area contributed by atoms with Crippen molar-refractivity contribution in [1.29, 1.82) is 0 Å². The zero-order valence-electron chi connectivity index (χ0n) is 28.4. The predicted octanol–water partition coefficient (Wildman–Crippen LogP) is 3.55. The van der Waals surface area contributed by atoms with E-state index in [0.29, 0.717) is 25.9 Å². The van der Waals surface area contributed by atoms with Gasteiger partial charge in [-0.05, 0) is 90.0 Å². The van der Waals surface area contributed by atoms with Crippen molar-refractivity contribution in [3.63, 3.8) is 0 Å². The average molecular weight is 658 g/mol. The number of hydroxylamine groups is 1. The van der Waals surface area contributed by atoms with Crippen LogP contribution in [0.15, 0.2) is 48.5 Å². The van der Waals surface area contributed by atoms with E-state index in [4.69, 9.17) is 14.7 Å². The summed E-state index contributed by atoms with van der Waals surface area (Å²) in [5.74, 6) is -1.06. The number of amides is 4. The first-order valence-corrected chi connectivity index (χ1v) is 15.7. The molecule has 2 rings (SSSR count). The first kappa shape index (κ1) is 39.0. The summed E-state index contributed by atoms with van der Waals surface area (Å²) in [5, 5.41) is 29.7. The van der Waals surface area contributed by atoms with E-state index in [1.165, 1.54) is 6.92 Å². The number of alkyl carbamates (subject to hydrolysis) is 2. The van der Waals surface area contributed by atoms with E-state index in [2.05, 4.69) is 21.3 Å². The normalized spacial score (nSPS) is 13.5. The van der Waals surface area contributed by atoms with Crippen LogP contribution in [0, 0.1) is 0 Å². The first-order chi connectivity index (χ1) is 22.0. The molecule has 13 heteroatoms. The Hall–Kier alpha value is -4.20. The molecule has 47 heavy (non-hydrogen) atoms. The first-order valence-electron chi connectivity index (χ1n) is 15.7. The number of ether oxygens (including phenoxy) is 2. The van der Waals surface area contributed by atoms with Gasteiger partial charge in [0.25, 0.3) is 5.91 Å². The summed E-state index contributed by atoms with van der Waals surface area (Å²) in [6.07, 6.45) is -0.951. The number of hydrogen-bond acceptors (Lipinski definition) is 9. The zero-order valence-corrected chi connectivity index (χ0v) is 28.4. The van der Waals surface area contributed by atoms with Gasteiger partial charge in [-0.2, -0.15) is 0 Å². The highest BCUT2D eigenvalue weighted by atomic mass is 16.6. The summed E-state index contributed by atoms with van der Waals surface area (Å²) in [6, 6.07) is 13.9. The molecule has 0 saturated carbocycles. The van der Waals surface area contributed by atoms with Gasteiger partial charge in [-0.25, -0.2) is 15.1 Å². The van der Waals surface area contributed by atoms with Gasteiger partial charge < -0.3 is 30.5 Å². The second kappa shape index (κ2) is 18.2. The Kier molecular flexibility index (Phi) is 15.1. The highest BCUT2D eigenvalue weighted by molar-refractivity contribution is 5.85. The van der Waals surface area contributed by atoms with Gasteiger partial charge in [0.1, 0.15) is 23.3 Å². The van der Waals surface area contributed by atoms with Crippen LogP contribution in [0.5, 0.6) is 0 Å². The SMILES string of the molecule is C[C@@H](O)[C@H](NCc1ccc(-c2ccc(CCNC(=O)[C@H](CCCNC(=O)OC(C)(C)C)NC(=O)OC(C)(C)C)cc2)cc1)C(=O)NO. The number of nitrogens with one attached hydrogen (secondary N) is 5. The van der Waals surface area contributed by atoms with Crippen LogP contribution in [0.4, 0.5) is 9.59 Å². The topological polar surface area (TPSA) is 187 Å². The molecule has 13 nitrogen and oxygen atoms in total. The van der Waals surface area contributed by atoms with Crippen LogP contribution in [0.2, 0.25) is 0 Å². The minimum Gasteiger partial charge on any atom is -0.444 e. The molecule has 0 aliphatic heterocycles. The van der Waals surface area contributed by atoms with Gasteiger partial charge in [0.2, 0.25) is 5.91 Å². The number of rotatable bonds is 15. The van der Waals surface area contributed by atoms with E-state index >= 15 is 0 Å². The molecule has 2 aromatic carbocycles. The maximum atomic E-state index is 13.0. The molecule has 0 spiro atoms. The lowest BCUT2D eigenvalue weighted by Crippen LogP contribution is -2.49. The van der Waals surface area contributed by atoms with E-state index in [9.17, 15) is 24.3 Å². The van der Waals surface area contributed by atoms with Crippen molar-refractivity contribution in [2.24, 2.45) is 0 Å². The predicted molar refractivity (Wildman–Crippen MR) is 177 cm³/mol. The number of carbonyl (C=O) groups excluding carboxylic acids is 4. The van der Waals surface area contributed by atoms with E-state index in [-0.39, 0.29) is 18.9 Å². The van der Waals surface area contributed by atoms with Crippen LogP contribution in [0.1, 0.15) is 72.4 Å². The number of benzene rings is 2. The number of aliphatic hydroxyl groups is 1. The van der Waals surface area contributed by atoms with E-state index in [1.54, 1.807) is 47.0 Å². The van der Waals surface area contributed by atoms with Gasteiger partial charge in [0, 0.05) is 19.6 Å². The fourth-order valence-corrected chi connectivity index (χ4v) is 4.44. The molecule has 0 fully saturated rings. The van der Waals surface area contributed by atoms with Crippen LogP contribution >= 0.6 is 0 Å². The van der Waals surface area contributed by atoms with Crippen LogP contribution in [-0.4, -0.2) is 76.8 Å². The van der Waals surface area contributed by atoms with Crippen molar-refractivity contribution in [3.05, 3.63) is 59.7 Å². The molecule has 0 aliphatic rings. The highest BCUT2D eigenvalue weighted by Gasteiger charge is 2.25. The van der Waals surface area contributed by atoms with Crippen molar-refractivity contribution < 1.29 is 39.0 Å². The Morgan fingerprint density at radius 2 is 1.28 bits per heavy atom. The van der Waals surface area contributed by atoms with Crippen molar-refractivity contribution in [1.82, 2.24) is 26.7 Å². The zero-order chi connectivity index (χ0) is 35.2. The van der Waals surface area contributed by atoms with Crippen molar-refractivity contribution in [3.8, 4) is 11.1 Å². The van der Waals surface area contributed by atoms with Gasteiger partial charge in [-0.3, -0.25) is 20.1 Å². The Morgan fingerprint density at radius 1 is 0.745 bits per heavy atom. The van der Waals surface area contributed by atoms with Crippen molar-refractivity contribution in [2.45, 2.75) is 104 Å². The van der Waals surface area contributed by atoms with E-state index in [0.717, 1.165) is 22.3 Å². The Morgan fingerprint density at radius 3 is 1.79 bits per heavy atom. The minimum absolute atomic E-state index is 0.271. The summed E-state index contributed by atoms with van der Waals surface area (Å²) >= 11 is 0. The molecule has 0 unspecified atom stereocenters. The van der Waals surface area contributed by atoms with Gasteiger partial charge >= 0.3 is 12.2 Å². The Balaban J connectivity index is 1.91. The minimum atomic E-state index is -0.983. The largest absolute Gasteiger partial charge is 0.444 e. The van der Waals surface area contributed by atoms with Crippen LogP contribution in [0.25, 0.3) is 11.1 Å². The third kappa shape index (κ3) is 15.3. The van der Waals surface area contributed by atoms with Crippen molar-refractivity contribution >= 4 is 24.0 Å². The molecule has 0 radical (unpaired) electrons. The monoisotopic (exact) mass is 657 g/mol. The molecule has 4 amide bonds. The fourth-order valence-electron chi connectivity index (χ4n) is 4.44. The van der Waals surface area contributed by atoms with Gasteiger partial charge in [0.15, 0.2) is 0 Å². The molecule has 0 heterocycles. The number of carbonyl (C=O) groups is 4. The summed E-state index contributed by atoms with van der Waals surface area (Å²) in [5.41, 5.74) is 4.11. The highest BCUT2D eigenvalue weighted by Crippen LogP contribution is 2.21. The van der Waals surface area contributed by atoms with Crippen LogP contribution < -0.4 is 26.7 Å². The smallest absolute Gasteiger partial charge is 0.408 e. The molecular weight excluding hydrogens is 606 g/mol. The van der Waals surface area contributed by atoms with E-state index < -0.39 is 47.5 Å². The Bertz CT molecular complexity index is 1300. The second-order valence-electron chi connectivity index (χ2n) is 13.3. The maximum absolute atomic E-state index is 13.0. The molecule has 2 aromatic rings. The lowest BCUT2D eigenvalue weighted by Gasteiger charge is -2.23. The third-order valence-corrected chi connectivity index (χ3v) is 6.70. The molecule has 0 bridgehead atoms. The molecule has 3 atom stereocenters. The van der Waals surface area contributed by atoms with Crippen LogP contribution in [-0.2, 0) is 32.0 Å². The molecule has 260 valence electrons. The van der Waals surface area contributed by atoms with Crippen molar-refractivity contribution in [2.75, 3.05) is 13.1 Å². The van der Waals surface area contributed by atoms with Crippen LogP contribution in [0.3, 0.4) is 0 Å². The molecular formula is C34H51N5O8. The van der Waals surface area contributed by atoms with E-state index in [1.807, 2.05) is 48.5 Å². The molecule has 0 aromatic heterocycles. The third-order valence-electron chi connectivity index (χ3n) is 6.70. The average Bonchev–Trinajstić information content (AvgIpc) is 2.97. The quantitative estimate of drug-likeness (QED) is 0.0854. The lowest BCUT2D eigenvalue weighted by atomic mass is 10.0. The van der Waals surface area contributed by atoms with Gasteiger partial charge in [-0.1, -0.05) is 48.5 Å². The summed E-state index contributed by atoms with van der Waals surface area (Å²) in [7, 11) is 0. The summed E-state index contributed by atoms with van der Waals surface area (Å²) in [4.78, 5) is 49.1. The fraction of sp³-hybridized carbons (Fsp3) is 0.529. The number of aliphatic hydroxyl groups excluding tert-OH is 1. The maximum Gasteiger partial charge on any atom is 0.408 e. The summed E-state index contributed by atoms with van der Waals surface area (Å²) < 4.78 is 10.6. The van der Waals surface area contributed by atoms with Gasteiger partial charge in [0.05, 0.1) is 6.10 Å². The molecule has 0 saturated heterocycles.